The first kappa shape index (κ1) is 14.4. The summed E-state index contributed by atoms with van der Waals surface area (Å²) in [6, 6.07) is 6.49. The Balaban J connectivity index is 2.30. The van der Waals surface area contributed by atoms with Gasteiger partial charge in [0.15, 0.2) is 0 Å². The highest BCUT2D eigenvalue weighted by Gasteiger charge is 2.36. The topological polar surface area (TPSA) is 47.3 Å². The average Bonchev–Trinajstić information content (AvgIpc) is 2.42. The highest BCUT2D eigenvalue weighted by Crippen LogP contribution is 2.46. The van der Waals surface area contributed by atoms with Crippen LogP contribution >= 0.6 is 0 Å². The van der Waals surface area contributed by atoms with Gasteiger partial charge in [-0.05, 0) is 48.4 Å². The monoisotopic (exact) mass is 262 g/mol. The predicted octanol–water partition coefficient (Wildman–Crippen LogP) is 3.48. The molecule has 0 aromatic heterocycles. The minimum Gasteiger partial charge on any atom is -0.497 e. The van der Waals surface area contributed by atoms with E-state index in [1.165, 1.54) is 43.2 Å². The lowest BCUT2D eigenvalue weighted by atomic mass is 9.68. The van der Waals surface area contributed by atoms with Crippen molar-refractivity contribution in [3.8, 4) is 5.75 Å². The van der Waals surface area contributed by atoms with Gasteiger partial charge < -0.3 is 4.74 Å². The average molecular weight is 262 g/mol. The number of benzene rings is 1. The molecule has 0 spiro atoms. The summed E-state index contributed by atoms with van der Waals surface area (Å²) in [6.07, 6.45) is 6.46. The van der Waals surface area contributed by atoms with E-state index in [2.05, 4.69) is 31.4 Å². The lowest BCUT2D eigenvalue weighted by Gasteiger charge is -2.41. The third-order valence-corrected chi connectivity index (χ3v) is 4.65. The van der Waals surface area contributed by atoms with Crippen LogP contribution in [0, 0.1) is 12.3 Å². The molecule has 0 bridgehead atoms. The second-order valence-corrected chi connectivity index (χ2v) is 6.04. The summed E-state index contributed by atoms with van der Waals surface area (Å²) in [6.45, 7) is 4.49. The van der Waals surface area contributed by atoms with Gasteiger partial charge in [-0.2, -0.15) is 0 Å². The molecule has 0 radical (unpaired) electrons. The smallest absolute Gasteiger partial charge is 0.119 e. The highest BCUT2D eigenvalue weighted by atomic mass is 16.5. The number of methoxy groups -OCH3 is 1. The molecular formula is C16H26N2O. The Labute approximate surface area is 116 Å². The number of aryl methyl sites for hydroxylation is 1. The number of nitrogens with two attached hydrogens (primary N) is 1. The maximum atomic E-state index is 5.88. The Morgan fingerprint density at radius 2 is 1.95 bits per heavy atom. The molecule has 0 amide bonds. The summed E-state index contributed by atoms with van der Waals surface area (Å²) in [5.74, 6) is 6.79. The van der Waals surface area contributed by atoms with E-state index in [9.17, 15) is 0 Å². The van der Waals surface area contributed by atoms with Crippen LogP contribution in [0.25, 0.3) is 0 Å². The summed E-state index contributed by atoms with van der Waals surface area (Å²) in [5.41, 5.74) is 5.87. The zero-order valence-electron chi connectivity index (χ0n) is 12.3. The van der Waals surface area contributed by atoms with Gasteiger partial charge in [0.2, 0.25) is 0 Å². The first-order valence-corrected chi connectivity index (χ1v) is 7.21. The number of hydrogen-bond acceptors (Lipinski definition) is 3. The van der Waals surface area contributed by atoms with Gasteiger partial charge in [0.1, 0.15) is 5.75 Å². The summed E-state index contributed by atoms with van der Waals surface area (Å²) in [7, 11) is 1.70. The van der Waals surface area contributed by atoms with Crippen LogP contribution in [0.4, 0.5) is 0 Å². The van der Waals surface area contributed by atoms with Gasteiger partial charge in [-0.3, -0.25) is 11.3 Å². The first-order chi connectivity index (χ1) is 9.10. The van der Waals surface area contributed by atoms with E-state index in [0.29, 0.717) is 0 Å². The lowest BCUT2D eigenvalue weighted by molar-refractivity contribution is 0.144. The van der Waals surface area contributed by atoms with Gasteiger partial charge in [0.25, 0.3) is 0 Å². The van der Waals surface area contributed by atoms with E-state index in [4.69, 9.17) is 10.6 Å². The van der Waals surface area contributed by atoms with Crippen molar-refractivity contribution in [3.63, 3.8) is 0 Å². The second kappa shape index (κ2) is 5.93. The van der Waals surface area contributed by atoms with E-state index < -0.39 is 0 Å². The highest BCUT2D eigenvalue weighted by molar-refractivity contribution is 5.37. The van der Waals surface area contributed by atoms with Crippen LogP contribution in [-0.4, -0.2) is 7.11 Å². The van der Waals surface area contributed by atoms with Crippen molar-refractivity contribution in [2.24, 2.45) is 11.3 Å². The number of hydrogen-bond donors (Lipinski definition) is 2. The SMILES string of the molecule is COc1ccc(C(NN)C2(C)CCCCC2)c(C)c1. The number of rotatable bonds is 4. The van der Waals surface area contributed by atoms with Gasteiger partial charge >= 0.3 is 0 Å². The Bertz CT molecular complexity index is 425. The van der Waals surface area contributed by atoms with Gasteiger partial charge in [-0.1, -0.05) is 32.3 Å². The normalized spacial score (nSPS) is 20.0. The van der Waals surface area contributed by atoms with Crippen molar-refractivity contribution in [3.05, 3.63) is 29.3 Å². The van der Waals surface area contributed by atoms with Crippen molar-refractivity contribution in [2.45, 2.75) is 52.0 Å². The van der Waals surface area contributed by atoms with Crippen molar-refractivity contribution in [1.82, 2.24) is 5.43 Å². The van der Waals surface area contributed by atoms with E-state index in [-0.39, 0.29) is 11.5 Å². The standard InChI is InChI=1S/C16H26N2O/c1-12-11-13(19-3)7-8-14(12)15(18-17)16(2)9-5-4-6-10-16/h7-8,11,15,18H,4-6,9-10,17H2,1-3H3. The number of ether oxygens (including phenoxy) is 1. The third kappa shape index (κ3) is 2.93. The Kier molecular flexibility index (Phi) is 4.48. The molecule has 1 aliphatic rings. The van der Waals surface area contributed by atoms with Gasteiger partial charge in [0, 0.05) is 0 Å². The molecule has 1 atom stereocenters. The minimum absolute atomic E-state index is 0.221. The molecular weight excluding hydrogens is 236 g/mol. The van der Waals surface area contributed by atoms with Crippen LogP contribution in [-0.2, 0) is 0 Å². The zero-order chi connectivity index (χ0) is 13.9. The second-order valence-electron chi connectivity index (χ2n) is 6.04. The molecule has 3 nitrogen and oxygen atoms in total. The fraction of sp³-hybridized carbons (Fsp3) is 0.625. The molecule has 1 aromatic rings. The van der Waals surface area contributed by atoms with E-state index in [1.54, 1.807) is 7.11 Å². The summed E-state index contributed by atoms with van der Waals surface area (Å²) in [4.78, 5) is 0. The van der Waals surface area contributed by atoms with Crippen LogP contribution < -0.4 is 16.0 Å². The van der Waals surface area contributed by atoms with Crippen LogP contribution in [0.5, 0.6) is 5.75 Å². The van der Waals surface area contributed by atoms with E-state index in [1.807, 2.05) is 6.07 Å². The van der Waals surface area contributed by atoms with Gasteiger partial charge in [-0.25, -0.2) is 0 Å². The molecule has 0 saturated heterocycles. The molecule has 1 aliphatic carbocycles. The fourth-order valence-corrected chi connectivity index (χ4v) is 3.41. The molecule has 106 valence electrons. The summed E-state index contributed by atoms with van der Waals surface area (Å²) >= 11 is 0. The molecule has 3 N–H and O–H groups in total. The van der Waals surface area contributed by atoms with Crippen LogP contribution in [0.15, 0.2) is 18.2 Å². The van der Waals surface area contributed by atoms with Crippen molar-refractivity contribution < 1.29 is 4.74 Å². The van der Waals surface area contributed by atoms with Gasteiger partial charge in [0.05, 0.1) is 13.2 Å². The molecule has 1 saturated carbocycles. The molecule has 1 aromatic carbocycles. The molecule has 0 heterocycles. The number of hydrazine groups is 1. The Morgan fingerprint density at radius 3 is 2.47 bits per heavy atom. The van der Waals surface area contributed by atoms with Crippen molar-refractivity contribution >= 4 is 0 Å². The molecule has 3 heteroatoms. The van der Waals surface area contributed by atoms with Gasteiger partial charge in [-0.15, -0.1) is 0 Å². The Morgan fingerprint density at radius 1 is 1.26 bits per heavy atom. The Hall–Kier alpha value is -1.06. The molecule has 19 heavy (non-hydrogen) atoms. The molecule has 1 unspecified atom stereocenters. The summed E-state index contributed by atoms with van der Waals surface area (Å²) in [5, 5.41) is 0. The largest absolute Gasteiger partial charge is 0.497 e. The molecule has 1 fully saturated rings. The predicted molar refractivity (Wildman–Crippen MR) is 79.0 cm³/mol. The van der Waals surface area contributed by atoms with Crippen molar-refractivity contribution in [1.29, 1.82) is 0 Å². The molecule has 0 aliphatic heterocycles. The summed E-state index contributed by atoms with van der Waals surface area (Å²) < 4.78 is 5.28. The lowest BCUT2D eigenvalue weighted by Crippen LogP contribution is -2.41. The third-order valence-electron chi connectivity index (χ3n) is 4.65. The van der Waals surface area contributed by atoms with E-state index >= 15 is 0 Å². The maximum absolute atomic E-state index is 5.88. The van der Waals surface area contributed by atoms with E-state index in [0.717, 1.165) is 5.75 Å². The van der Waals surface area contributed by atoms with Crippen LogP contribution in [0.1, 0.15) is 56.2 Å². The minimum atomic E-state index is 0.221. The zero-order valence-corrected chi connectivity index (χ0v) is 12.3. The van der Waals surface area contributed by atoms with Crippen molar-refractivity contribution in [2.75, 3.05) is 7.11 Å². The van der Waals surface area contributed by atoms with Crippen LogP contribution in [0.2, 0.25) is 0 Å². The fourth-order valence-electron chi connectivity index (χ4n) is 3.41. The quantitative estimate of drug-likeness (QED) is 0.645. The number of nitrogens with one attached hydrogen (secondary N) is 1. The molecule has 2 rings (SSSR count). The first-order valence-electron chi connectivity index (χ1n) is 7.21. The maximum Gasteiger partial charge on any atom is 0.119 e. The van der Waals surface area contributed by atoms with Crippen LogP contribution in [0.3, 0.4) is 0 Å².